The Hall–Kier alpha value is -5.16. The van der Waals surface area contributed by atoms with Crippen LogP contribution in [0.1, 0.15) is 0 Å². The Morgan fingerprint density at radius 2 is 1.00 bits per heavy atom. The van der Waals surface area contributed by atoms with Crippen LogP contribution in [-0.2, 0) is 0 Å². The number of hydrogen-bond acceptors (Lipinski definition) is 4. The van der Waals surface area contributed by atoms with Gasteiger partial charge in [0.2, 0.25) is 0 Å². The molecule has 5 N–H and O–H groups in total. The van der Waals surface area contributed by atoms with E-state index in [1.807, 2.05) is 84.9 Å². The molecule has 0 fully saturated rings. The molecule has 180 valence electrons. The van der Waals surface area contributed by atoms with E-state index in [9.17, 15) is 0 Å². The largest absolute Gasteiger partial charge is 0.457 e. The highest BCUT2D eigenvalue weighted by molar-refractivity contribution is 6.04. The van der Waals surface area contributed by atoms with Crippen molar-refractivity contribution in [2.45, 2.75) is 0 Å². The molecule has 1 aromatic heterocycles. The van der Waals surface area contributed by atoms with Gasteiger partial charge in [0, 0.05) is 45.5 Å². The number of nitrogen functional groups attached to an aromatic ring is 2. The number of ether oxygens (including phenoxy) is 2. The van der Waals surface area contributed by atoms with Crippen LogP contribution < -0.4 is 20.9 Å². The van der Waals surface area contributed by atoms with Crippen LogP contribution in [0, 0.1) is 0 Å². The van der Waals surface area contributed by atoms with E-state index < -0.39 is 0 Å². The smallest absolute Gasteiger partial charge is 0.129 e. The summed E-state index contributed by atoms with van der Waals surface area (Å²) in [7, 11) is 0. The van der Waals surface area contributed by atoms with Gasteiger partial charge in [-0.25, -0.2) is 0 Å². The van der Waals surface area contributed by atoms with Gasteiger partial charge in [0.05, 0.1) is 5.69 Å². The fraction of sp³-hybridized carbons (Fsp3) is 0. The average Bonchev–Trinajstić information content (AvgIpc) is 3.29. The number of nitrogens with two attached hydrogens (primary N) is 2. The van der Waals surface area contributed by atoms with Crippen molar-refractivity contribution in [1.82, 2.24) is 4.98 Å². The molecule has 0 atom stereocenters. The van der Waals surface area contributed by atoms with E-state index >= 15 is 0 Å². The number of anilines is 2. The third-order valence-corrected chi connectivity index (χ3v) is 6.14. The van der Waals surface area contributed by atoms with Gasteiger partial charge in [0.25, 0.3) is 0 Å². The maximum Gasteiger partial charge on any atom is 0.129 e. The van der Waals surface area contributed by atoms with E-state index in [0.29, 0.717) is 22.9 Å². The van der Waals surface area contributed by atoms with E-state index in [1.165, 1.54) is 0 Å². The van der Waals surface area contributed by atoms with Crippen LogP contribution in [0.2, 0.25) is 0 Å². The van der Waals surface area contributed by atoms with Crippen molar-refractivity contribution in [2.24, 2.45) is 0 Å². The molecular formula is C32H25N3O2. The van der Waals surface area contributed by atoms with Crippen molar-refractivity contribution in [3.05, 3.63) is 121 Å². The molecule has 0 aliphatic rings. The Kier molecular flexibility index (Phi) is 5.71. The van der Waals surface area contributed by atoms with Gasteiger partial charge in [-0.3, -0.25) is 0 Å². The standard InChI is InChI=1S/C32H25N3O2/c33-23-9-5-13-27(19-23)36-25-11-3-7-21(17-25)31-29-15-1-2-16-30(29)35-32(31)22-8-4-12-26(18-22)37-28-14-6-10-24(34)20-28/h1-20,35H,33-34H2. The van der Waals surface area contributed by atoms with Gasteiger partial charge in [0.15, 0.2) is 0 Å². The van der Waals surface area contributed by atoms with Gasteiger partial charge in [0.1, 0.15) is 23.0 Å². The average molecular weight is 484 g/mol. The summed E-state index contributed by atoms with van der Waals surface area (Å²) in [6.07, 6.45) is 0. The van der Waals surface area contributed by atoms with E-state index in [0.717, 1.165) is 44.8 Å². The van der Waals surface area contributed by atoms with Crippen molar-refractivity contribution >= 4 is 22.3 Å². The first kappa shape index (κ1) is 22.3. The molecule has 1 heterocycles. The van der Waals surface area contributed by atoms with E-state index in [2.05, 4.69) is 41.4 Å². The molecule has 0 spiro atoms. The third kappa shape index (κ3) is 4.70. The zero-order valence-electron chi connectivity index (χ0n) is 20.0. The number of para-hydroxylation sites is 1. The summed E-state index contributed by atoms with van der Waals surface area (Å²) in [5.74, 6) is 2.85. The molecule has 5 aromatic carbocycles. The maximum absolute atomic E-state index is 6.13. The first-order valence-corrected chi connectivity index (χ1v) is 12.0. The summed E-state index contributed by atoms with van der Waals surface area (Å²) in [5, 5.41) is 1.13. The lowest BCUT2D eigenvalue weighted by atomic mass is 9.98. The number of hydrogen-bond donors (Lipinski definition) is 3. The van der Waals surface area contributed by atoms with Crippen molar-refractivity contribution in [3.63, 3.8) is 0 Å². The monoisotopic (exact) mass is 483 g/mol. The molecule has 0 saturated heterocycles. The van der Waals surface area contributed by atoms with Gasteiger partial charge >= 0.3 is 0 Å². The highest BCUT2D eigenvalue weighted by Gasteiger charge is 2.16. The Bertz CT molecular complexity index is 1720. The summed E-state index contributed by atoms with van der Waals surface area (Å²) >= 11 is 0. The first-order valence-electron chi connectivity index (χ1n) is 12.0. The topological polar surface area (TPSA) is 86.3 Å². The predicted molar refractivity (Wildman–Crippen MR) is 151 cm³/mol. The molecule has 0 bridgehead atoms. The fourth-order valence-electron chi connectivity index (χ4n) is 4.52. The van der Waals surface area contributed by atoms with Crippen molar-refractivity contribution in [1.29, 1.82) is 0 Å². The van der Waals surface area contributed by atoms with E-state index in [-0.39, 0.29) is 0 Å². The Labute approximate surface area is 214 Å². The highest BCUT2D eigenvalue weighted by atomic mass is 16.5. The Morgan fingerprint density at radius 1 is 0.486 bits per heavy atom. The van der Waals surface area contributed by atoms with Crippen molar-refractivity contribution in [3.8, 4) is 45.4 Å². The molecule has 0 saturated carbocycles. The van der Waals surface area contributed by atoms with Crippen molar-refractivity contribution in [2.75, 3.05) is 11.5 Å². The maximum atomic E-state index is 6.13. The normalized spacial score (nSPS) is 10.9. The minimum Gasteiger partial charge on any atom is -0.457 e. The van der Waals surface area contributed by atoms with Crippen LogP contribution >= 0.6 is 0 Å². The van der Waals surface area contributed by atoms with Crippen LogP contribution in [0.25, 0.3) is 33.3 Å². The van der Waals surface area contributed by atoms with Gasteiger partial charge < -0.3 is 25.9 Å². The summed E-state index contributed by atoms with van der Waals surface area (Å²) in [6.45, 7) is 0. The Morgan fingerprint density at radius 3 is 1.62 bits per heavy atom. The number of benzene rings is 5. The molecule has 0 unspecified atom stereocenters. The van der Waals surface area contributed by atoms with E-state index in [1.54, 1.807) is 0 Å². The zero-order valence-corrected chi connectivity index (χ0v) is 20.0. The quantitative estimate of drug-likeness (QED) is 0.208. The minimum absolute atomic E-state index is 0.659. The van der Waals surface area contributed by atoms with Crippen molar-refractivity contribution < 1.29 is 9.47 Å². The number of aromatic nitrogens is 1. The number of nitrogens with one attached hydrogen (secondary N) is 1. The summed E-state index contributed by atoms with van der Waals surface area (Å²) in [4.78, 5) is 3.62. The second kappa shape index (κ2) is 9.47. The lowest BCUT2D eigenvalue weighted by Crippen LogP contribution is -1.90. The van der Waals surface area contributed by atoms with Crippen LogP contribution in [0.3, 0.4) is 0 Å². The molecule has 6 rings (SSSR count). The third-order valence-electron chi connectivity index (χ3n) is 6.14. The number of H-pyrrole nitrogens is 1. The second-order valence-electron chi connectivity index (χ2n) is 8.83. The van der Waals surface area contributed by atoms with Crippen LogP contribution in [0.15, 0.2) is 121 Å². The molecule has 6 aromatic rings. The lowest BCUT2D eigenvalue weighted by Gasteiger charge is -2.11. The summed E-state index contributed by atoms with van der Waals surface area (Å²) < 4.78 is 12.2. The fourth-order valence-corrected chi connectivity index (χ4v) is 4.52. The first-order chi connectivity index (χ1) is 18.1. The van der Waals surface area contributed by atoms with Gasteiger partial charge in [-0.2, -0.15) is 0 Å². The van der Waals surface area contributed by atoms with E-state index in [4.69, 9.17) is 20.9 Å². The predicted octanol–water partition coefficient (Wildman–Crippen LogP) is 8.25. The molecule has 5 heteroatoms. The number of rotatable bonds is 6. The van der Waals surface area contributed by atoms with Gasteiger partial charge in [-0.15, -0.1) is 0 Å². The lowest BCUT2D eigenvalue weighted by molar-refractivity contribution is 0.483. The molecule has 5 nitrogen and oxygen atoms in total. The number of aromatic amines is 1. The Balaban J connectivity index is 1.42. The van der Waals surface area contributed by atoms with Gasteiger partial charge in [-0.05, 0) is 60.2 Å². The molecule has 0 radical (unpaired) electrons. The molecular weight excluding hydrogens is 458 g/mol. The molecule has 0 aliphatic carbocycles. The summed E-state index contributed by atoms with van der Waals surface area (Å²) in [5.41, 5.74) is 18.4. The van der Waals surface area contributed by atoms with Gasteiger partial charge in [-0.1, -0.05) is 54.6 Å². The summed E-state index contributed by atoms with van der Waals surface area (Å²) in [6, 6.07) is 39.3. The van der Waals surface area contributed by atoms with Crippen LogP contribution in [-0.4, -0.2) is 4.98 Å². The van der Waals surface area contributed by atoms with Crippen LogP contribution in [0.5, 0.6) is 23.0 Å². The second-order valence-corrected chi connectivity index (χ2v) is 8.83. The minimum atomic E-state index is 0.659. The zero-order chi connectivity index (χ0) is 25.2. The SMILES string of the molecule is Nc1cccc(Oc2cccc(-c3[nH]c4ccccc4c3-c3cccc(Oc4cccc(N)c4)c3)c2)c1. The van der Waals surface area contributed by atoms with Crippen LogP contribution in [0.4, 0.5) is 11.4 Å². The highest BCUT2D eigenvalue weighted by Crippen LogP contribution is 2.41. The molecule has 0 aliphatic heterocycles. The number of fused-ring (bicyclic) bond motifs is 1. The molecule has 37 heavy (non-hydrogen) atoms. The molecule has 0 amide bonds.